The average Bonchev–Trinajstić information content (AvgIpc) is 2.34. The number of aliphatic hydroxyl groups excluding tert-OH is 1. The number of hydrogen-bond donors (Lipinski definition) is 1. The third-order valence-electron chi connectivity index (χ3n) is 2.31. The van der Waals surface area contributed by atoms with Crippen LogP contribution in [0.3, 0.4) is 0 Å². The van der Waals surface area contributed by atoms with Crippen LogP contribution in [0.15, 0.2) is 12.1 Å². The zero-order valence-corrected chi connectivity index (χ0v) is 10.0. The molecule has 1 unspecified atom stereocenters. The monoisotopic (exact) mass is 266 g/mol. The Labute approximate surface area is 102 Å². The molecule has 0 bridgehead atoms. The first-order valence-electron chi connectivity index (χ1n) is 4.89. The lowest BCUT2D eigenvalue weighted by atomic mass is 10.1. The van der Waals surface area contributed by atoms with Crippen LogP contribution >= 0.6 is 0 Å². The lowest BCUT2D eigenvalue weighted by Crippen LogP contribution is -2.20. The van der Waals surface area contributed by atoms with Crippen LogP contribution in [0, 0.1) is 0 Å². The van der Waals surface area contributed by atoms with Gasteiger partial charge in [0, 0.05) is 0 Å². The van der Waals surface area contributed by atoms with Crippen LogP contribution in [0.5, 0.6) is 17.2 Å². The van der Waals surface area contributed by atoms with Gasteiger partial charge >= 0.3 is 6.18 Å². The summed E-state index contributed by atoms with van der Waals surface area (Å²) in [5.41, 5.74) is -0.378. The van der Waals surface area contributed by atoms with E-state index in [1.807, 2.05) is 0 Å². The van der Waals surface area contributed by atoms with Gasteiger partial charge < -0.3 is 19.3 Å². The molecule has 0 aliphatic heterocycles. The summed E-state index contributed by atoms with van der Waals surface area (Å²) in [6.07, 6.45) is -7.36. The Morgan fingerprint density at radius 3 is 1.72 bits per heavy atom. The summed E-state index contributed by atoms with van der Waals surface area (Å²) in [6.45, 7) is 0. The molecule has 18 heavy (non-hydrogen) atoms. The van der Waals surface area contributed by atoms with Gasteiger partial charge in [-0.15, -0.1) is 0 Å². The molecule has 0 aliphatic rings. The molecule has 4 nitrogen and oxygen atoms in total. The van der Waals surface area contributed by atoms with Crippen LogP contribution < -0.4 is 14.2 Å². The molecular weight excluding hydrogens is 253 g/mol. The minimum atomic E-state index is -4.76. The number of halogens is 3. The highest BCUT2D eigenvalue weighted by Crippen LogP contribution is 2.42. The minimum absolute atomic E-state index is 0.0511. The maximum Gasteiger partial charge on any atom is 0.418 e. The number of benzene rings is 1. The fourth-order valence-corrected chi connectivity index (χ4v) is 1.45. The largest absolute Gasteiger partial charge is 0.493 e. The highest BCUT2D eigenvalue weighted by Gasteiger charge is 2.40. The van der Waals surface area contributed by atoms with E-state index in [-0.39, 0.29) is 22.8 Å². The summed E-state index contributed by atoms with van der Waals surface area (Å²) in [6, 6.07) is 2.11. The van der Waals surface area contributed by atoms with Crippen molar-refractivity contribution >= 4 is 0 Å². The van der Waals surface area contributed by atoms with Crippen LogP contribution in [-0.4, -0.2) is 32.6 Å². The predicted octanol–water partition coefficient (Wildman–Crippen LogP) is 2.31. The molecule has 0 amide bonds. The predicted molar refractivity (Wildman–Crippen MR) is 57.1 cm³/mol. The summed E-state index contributed by atoms with van der Waals surface area (Å²) < 4.78 is 52.0. The number of hydrogen-bond acceptors (Lipinski definition) is 4. The molecule has 7 heteroatoms. The van der Waals surface area contributed by atoms with Crippen LogP contribution in [0.1, 0.15) is 11.7 Å². The van der Waals surface area contributed by atoms with Crippen molar-refractivity contribution in [2.45, 2.75) is 12.3 Å². The fourth-order valence-electron chi connectivity index (χ4n) is 1.45. The van der Waals surface area contributed by atoms with E-state index in [1.54, 1.807) is 0 Å². The van der Waals surface area contributed by atoms with Gasteiger partial charge in [-0.2, -0.15) is 13.2 Å². The van der Waals surface area contributed by atoms with Gasteiger partial charge in [-0.05, 0) is 17.7 Å². The topological polar surface area (TPSA) is 47.9 Å². The lowest BCUT2D eigenvalue weighted by molar-refractivity contribution is -0.206. The van der Waals surface area contributed by atoms with E-state index in [2.05, 4.69) is 0 Å². The zero-order chi connectivity index (χ0) is 13.9. The second-order valence-electron chi connectivity index (χ2n) is 3.40. The van der Waals surface area contributed by atoms with Crippen molar-refractivity contribution in [3.8, 4) is 17.2 Å². The first-order valence-corrected chi connectivity index (χ1v) is 4.89. The average molecular weight is 266 g/mol. The second-order valence-corrected chi connectivity index (χ2v) is 3.40. The first kappa shape index (κ1) is 14.4. The van der Waals surface area contributed by atoms with Gasteiger partial charge in [0.2, 0.25) is 5.75 Å². The van der Waals surface area contributed by atoms with Gasteiger partial charge in [0.25, 0.3) is 0 Å². The molecule has 0 aromatic heterocycles. The Balaban J connectivity index is 3.32. The zero-order valence-electron chi connectivity index (χ0n) is 10.0. The Kier molecular flexibility index (Phi) is 4.28. The number of aliphatic hydroxyl groups is 1. The summed E-state index contributed by atoms with van der Waals surface area (Å²) in [7, 11) is 3.89. The Hall–Kier alpha value is -1.63. The molecule has 102 valence electrons. The number of rotatable bonds is 4. The number of alkyl halides is 3. The van der Waals surface area contributed by atoms with Gasteiger partial charge in [-0.25, -0.2) is 0 Å². The van der Waals surface area contributed by atoms with Gasteiger partial charge in [0.1, 0.15) is 0 Å². The first-order chi connectivity index (χ1) is 8.35. The van der Waals surface area contributed by atoms with Crippen molar-refractivity contribution < 1.29 is 32.5 Å². The van der Waals surface area contributed by atoms with Crippen LogP contribution in [0.4, 0.5) is 13.2 Å². The molecule has 0 radical (unpaired) electrons. The minimum Gasteiger partial charge on any atom is -0.493 e. The third-order valence-corrected chi connectivity index (χ3v) is 2.31. The summed E-state index contributed by atoms with van der Waals surface area (Å²) in [4.78, 5) is 0. The standard InChI is InChI=1S/C11H13F3O4/c1-16-7-4-6(10(15)11(12,13)14)5-8(17-2)9(7)18-3/h4-5,10,15H,1-3H3. The Morgan fingerprint density at radius 2 is 1.44 bits per heavy atom. The normalized spacial score (nSPS) is 13.1. The Bertz CT molecular complexity index is 392. The van der Waals surface area contributed by atoms with E-state index in [4.69, 9.17) is 14.2 Å². The molecular formula is C11H13F3O4. The Morgan fingerprint density at radius 1 is 1.00 bits per heavy atom. The maximum absolute atomic E-state index is 12.4. The molecule has 1 N–H and O–H groups in total. The van der Waals surface area contributed by atoms with E-state index in [0.717, 1.165) is 12.1 Å². The molecule has 0 saturated heterocycles. The molecule has 0 saturated carbocycles. The molecule has 1 aromatic rings. The molecule has 0 aliphatic carbocycles. The smallest absolute Gasteiger partial charge is 0.418 e. The number of methoxy groups -OCH3 is 3. The van der Waals surface area contributed by atoms with Gasteiger partial charge in [0.15, 0.2) is 17.6 Å². The van der Waals surface area contributed by atoms with E-state index < -0.39 is 12.3 Å². The van der Waals surface area contributed by atoms with E-state index in [1.165, 1.54) is 21.3 Å². The van der Waals surface area contributed by atoms with Crippen molar-refractivity contribution in [1.82, 2.24) is 0 Å². The van der Waals surface area contributed by atoms with Crippen LogP contribution in [-0.2, 0) is 0 Å². The lowest BCUT2D eigenvalue weighted by Gasteiger charge is -2.18. The van der Waals surface area contributed by atoms with Crippen molar-refractivity contribution in [2.75, 3.05) is 21.3 Å². The van der Waals surface area contributed by atoms with Gasteiger partial charge in [-0.3, -0.25) is 0 Å². The van der Waals surface area contributed by atoms with Crippen molar-refractivity contribution in [3.63, 3.8) is 0 Å². The molecule has 1 atom stereocenters. The fraction of sp³-hybridized carbons (Fsp3) is 0.455. The summed E-state index contributed by atoms with van der Waals surface area (Å²) in [5, 5.41) is 9.18. The van der Waals surface area contributed by atoms with E-state index >= 15 is 0 Å². The van der Waals surface area contributed by atoms with Crippen molar-refractivity contribution in [2.24, 2.45) is 0 Å². The quantitative estimate of drug-likeness (QED) is 0.908. The van der Waals surface area contributed by atoms with E-state index in [9.17, 15) is 18.3 Å². The summed E-state index contributed by atoms with van der Waals surface area (Å²) in [5.74, 6) is 0.267. The van der Waals surface area contributed by atoms with Crippen LogP contribution in [0.25, 0.3) is 0 Å². The van der Waals surface area contributed by atoms with Gasteiger partial charge in [-0.1, -0.05) is 0 Å². The van der Waals surface area contributed by atoms with Gasteiger partial charge in [0.05, 0.1) is 21.3 Å². The maximum atomic E-state index is 12.4. The van der Waals surface area contributed by atoms with Crippen molar-refractivity contribution in [1.29, 1.82) is 0 Å². The second kappa shape index (κ2) is 5.34. The van der Waals surface area contributed by atoms with Crippen molar-refractivity contribution in [3.05, 3.63) is 17.7 Å². The highest BCUT2D eigenvalue weighted by atomic mass is 19.4. The highest BCUT2D eigenvalue weighted by molar-refractivity contribution is 5.54. The molecule has 0 heterocycles. The molecule has 1 aromatic carbocycles. The molecule has 0 fully saturated rings. The third kappa shape index (κ3) is 2.79. The SMILES string of the molecule is COc1cc(C(O)C(F)(F)F)cc(OC)c1OC. The van der Waals surface area contributed by atoms with E-state index in [0.29, 0.717) is 0 Å². The summed E-state index contributed by atoms with van der Waals surface area (Å²) >= 11 is 0. The van der Waals surface area contributed by atoms with Crippen LogP contribution in [0.2, 0.25) is 0 Å². The molecule has 0 spiro atoms. The number of ether oxygens (including phenoxy) is 3. The molecule has 1 rings (SSSR count).